The first kappa shape index (κ1) is 11.5. The molecule has 0 radical (unpaired) electrons. The van der Waals surface area contributed by atoms with Crippen LogP contribution in [-0.2, 0) is 4.79 Å². The van der Waals surface area contributed by atoms with Gasteiger partial charge in [-0.1, -0.05) is 42.0 Å². The highest BCUT2D eigenvalue weighted by atomic mass is 16.4. The van der Waals surface area contributed by atoms with E-state index in [0.29, 0.717) is 0 Å². The number of allylic oxidation sites excluding steroid dienone is 2. The average Bonchev–Trinajstić information content (AvgIpc) is 2.26. The lowest BCUT2D eigenvalue weighted by Crippen LogP contribution is -2.07. The monoisotopic (exact) mass is 204 g/mol. The second-order valence-electron chi connectivity index (χ2n) is 3.59. The van der Waals surface area contributed by atoms with Gasteiger partial charge in [-0.15, -0.1) is 0 Å². The van der Waals surface area contributed by atoms with Gasteiger partial charge in [0.15, 0.2) is 0 Å². The number of rotatable bonds is 4. The molecule has 15 heavy (non-hydrogen) atoms. The quantitative estimate of drug-likeness (QED) is 0.764. The summed E-state index contributed by atoms with van der Waals surface area (Å²) < 4.78 is 0. The summed E-state index contributed by atoms with van der Waals surface area (Å²) >= 11 is 0. The third kappa shape index (κ3) is 3.24. The summed E-state index contributed by atoms with van der Waals surface area (Å²) in [5, 5.41) is 8.86. The second kappa shape index (κ2) is 5.35. The Morgan fingerprint density at radius 3 is 2.47 bits per heavy atom. The lowest BCUT2D eigenvalue weighted by Gasteiger charge is -2.15. The van der Waals surface area contributed by atoms with Crippen molar-refractivity contribution in [2.45, 2.75) is 26.2 Å². The molecule has 0 amide bonds. The van der Waals surface area contributed by atoms with E-state index >= 15 is 0 Å². The third-order valence-electron chi connectivity index (χ3n) is 2.59. The minimum absolute atomic E-state index is 0.00583. The van der Waals surface area contributed by atoms with Crippen LogP contribution in [-0.4, -0.2) is 11.1 Å². The van der Waals surface area contributed by atoms with E-state index in [0.717, 1.165) is 11.1 Å². The predicted octanol–water partition coefficient (Wildman–Crippen LogP) is 3.21. The van der Waals surface area contributed by atoms with Gasteiger partial charge < -0.3 is 5.11 Å². The molecule has 0 aliphatic carbocycles. The van der Waals surface area contributed by atoms with Crippen LogP contribution < -0.4 is 0 Å². The molecule has 0 aromatic heterocycles. The Kier molecular flexibility index (Phi) is 4.10. The van der Waals surface area contributed by atoms with E-state index in [9.17, 15) is 4.79 Å². The molecular weight excluding hydrogens is 188 g/mol. The van der Waals surface area contributed by atoms with E-state index < -0.39 is 5.97 Å². The van der Waals surface area contributed by atoms with Gasteiger partial charge in [0.1, 0.15) is 0 Å². The number of aliphatic carboxylic acids is 1. The fraction of sp³-hybridized carbons (Fsp3) is 0.308. The van der Waals surface area contributed by atoms with Crippen molar-refractivity contribution in [3.05, 3.63) is 47.5 Å². The molecule has 0 bridgehead atoms. The molecule has 1 atom stereocenters. The highest BCUT2D eigenvalue weighted by Gasteiger charge is 2.16. The van der Waals surface area contributed by atoms with Gasteiger partial charge in [-0.2, -0.15) is 0 Å². The predicted molar refractivity (Wildman–Crippen MR) is 60.9 cm³/mol. The Bertz CT molecular complexity index is 352. The van der Waals surface area contributed by atoms with Crippen molar-refractivity contribution in [1.29, 1.82) is 0 Å². The molecule has 2 heteroatoms. The Hall–Kier alpha value is -1.57. The number of benzene rings is 1. The Morgan fingerprint density at radius 2 is 2.00 bits per heavy atom. The molecule has 2 nitrogen and oxygen atoms in total. The standard InChI is InChI=1S/C13H16O2/c1-3-10(2)12(9-13(14)15)11-7-5-4-6-8-11/h3-8,12H,9H2,1-2H3,(H,14,15)/b10-3+. The largest absolute Gasteiger partial charge is 0.481 e. The zero-order valence-electron chi connectivity index (χ0n) is 9.10. The molecule has 0 fully saturated rings. The molecule has 0 heterocycles. The van der Waals surface area contributed by atoms with Gasteiger partial charge in [0.2, 0.25) is 0 Å². The molecular formula is C13H16O2. The molecule has 0 saturated carbocycles. The van der Waals surface area contributed by atoms with Crippen LogP contribution in [0.25, 0.3) is 0 Å². The number of carbonyl (C=O) groups is 1. The maximum atomic E-state index is 10.8. The van der Waals surface area contributed by atoms with Crippen LogP contribution in [0.15, 0.2) is 42.0 Å². The summed E-state index contributed by atoms with van der Waals surface area (Å²) in [4.78, 5) is 10.8. The molecule has 0 aliphatic heterocycles. The minimum Gasteiger partial charge on any atom is -0.481 e. The van der Waals surface area contributed by atoms with Crippen LogP contribution in [0.2, 0.25) is 0 Å². The van der Waals surface area contributed by atoms with Gasteiger partial charge in [0.05, 0.1) is 6.42 Å². The van der Waals surface area contributed by atoms with Gasteiger partial charge in [-0.3, -0.25) is 4.79 Å². The fourth-order valence-electron chi connectivity index (χ4n) is 1.60. The first-order valence-electron chi connectivity index (χ1n) is 5.04. The summed E-state index contributed by atoms with van der Waals surface area (Å²) in [5.74, 6) is -0.765. The second-order valence-corrected chi connectivity index (χ2v) is 3.59. The fourth-order valence-corrected chi connectivity index (χ4v) is 1.60. The van der Waals surface area contributed by atoms with E-state index in [1.54, 1.807) is 0 Å². The first-order valence-corrected chi connectivity index (χ1v) is 5.04. The zero-order chi connectivity index (χ0) is 11.3. The maximum absolute atomic E-state index is 10.8. The molecule has 80 valence electrons. The van der Waals surface area contributed by atoms with Crippen LogP contribution in [0, 0.1) is 0 Å². The number of carboxylic acids is 1. The van der Waals surface area contributed by atoms with Crippen LogP contribution in [0.3, 0.4) is 0 Å². The van der Waals surface area contributed by atoms with Gasteiger partial charge >= 0.3 is 5.97 Å². The van der Waals surface area contributed by atoms with Crippen LogP contribution in [0.1, 0.15) is 31.7 Å². The number of hydrogen-bond donors (Lipinski definition) is 1. The number of hydrogen-bond acceptors (Lipinski definition) is 1. The summed E-state index contributed by atoms with van der Waals surface area (Å²) in [6.45, 7) is 3.91. The van der Waals surface area contributed by atoms with Gasteiger partial charge in [-0.25, -0.2) is 0 Å². The summed E-state index contributed by atoms with van der Waals surface area (Å²) in [5.41, 5.74) is 2.17. The highest BCUT2D eigenvalue weighted by Crippen LogP contribution is 2.27. The Morgan fingerprint density at radius 1 is 1.40 bits per heavy atom. The van der Waals surface area contributed by atoms with E-state index in [1.165, 1.54) is 0 Å². The lowest BCUT2D eigenvalue weighted by atomic mass is 9.89. The van der Waals surface area contributed by atoms with Crippen molar-refractivity contribution in [1.82, 2.24) is 0 Å². The van der Waals surface area contributed by atoms with Crippen LogP contribution >= 0.6 is 0 Å². The summed E-state index contributed by atoms with van der Waals surface area (Å²) in [6.07, 6.45) is 2.13. The van der Waals surface area contributed by atoms with Crippen molar-refractivity contribution in [2.24, 2.45) is 0 Å². The van der Waals surface area contributed by atoms with Crippen molar-refractivity contribution < 1.29 is 9.90 Å². The topological polar surface area (TPSA) is 37.3 Å². The smallest absolute Gasteiger partial charge is 0.304 e. The first-order chi connectivity index (χ1) is 7.15. The number of carboxylic acid groups (broad SMARTS) is 1. The third-order valence-corrected chi connectivity index (χ3v) is 2.59. The average molecular weight is 204 g/mol. The van der Waals surface area contributed by atoms with Crippen molar-refractivity contribution in [3.8, 4) is 0 Å². The molecule has 0 spiro atoms. The van der Waals surface area contributed by atoms with Gasteiger partial charge in [0, 0.05) is 5.92 Å². The molecule has 1 aromatic rings. The van der Waals surface area contributed by atoms with Crippen LogP contribution in [0.4, 0.5) is 0 Å². The van der Waals surface area contributed by atoms with E-state index in [2.05, 4.69) is 0 Å². The Labute approximate surface area is 90.3 Å². The Balaban J connectivity index is 2.96. The normalized spacial score (nSPS) is 13.6. The SMILES string of the molecule is C/C=C(\C)C(CC(=O)O)c1ccccc1. The molecule has 1 N–H and O–H groups in total. The molecule has 0 aliphatic rings. The minimum atomic E-state index is -0.759. The van der Waals surface area contributed by atoms with Crippen molar-refractivity contribution >= 4 is 5.97 Å². The maximum Gasteiger partial charge on any atom is 0.304 e. The molecule has 1 rings (SSSR count). The zero-order valence-corrected chi connectivity index (χ0v) is 9.10. The molecule has 1 unspecified atom stereocenters. The van der Waals surface area contributed by atoms with Gasteiger partial charge in [-0.05, 0) is 19.4 Å². The van der Waals surface area contributed by atoms with E-state index in [1.807, 2.05) is 50.3 Å². The molecule has 0 saturated heterocycles. The summed E-state index contributed by atoms with van der Waals surface area (Å²) in [6, 6.07) is 9.76. The van der Waals surface area contributed by atoms with E-state index in [-0.39, 0.29) is 12.3 Å². The highest BCUT2D eigenvalue weighted by molar-refractivity contribution is 5.68. The van der Waals surface area contributed by atoms with Gasteiger partial charge in [0.25, 0.3) is 0 Å². The van der Waals surface area contributed by atoms with Crippen molar-refractivity contribution in [2.75, 3.05) is 0 Å². The summed E-state index contributed by atoms with van der Waals surface area (Å²) in [7, 11) is 0. The molecule has 1 aromatic carbocycles. The van der Waals surface area contributed by atoms with Crippen LogP contribution in [0.5, 0.6) is 0 Å². The van der Waals surface area contributed by atoms with E-state index in [4.69, 9.17) is 5.11 Å². The lowest BCUT2D eigenvalue weighted by molar-refractivity contribution is -0.137. The van der Waals surface area contributed by atoms with Crippen molar-refractivity contribution in [3.63, 3.8) is 0 Å².